The topological polar surface area (TPSA) is 101 Å². The zero-order valence-corrected chi connectivity index (χ0v) is 8.71. The van der Waals surface area contributed by atoms with Gasteiger partial charge in [-0.05, 0) is 6.42 Å². The normalized spacial score (nSPS) is 12.7. The fourth-order valence-electron chi connectivity index (χ4n) is 0.727. The Morgan fingerprint density at radius 1 is 1.50 bits per heavy atom. The van der Waals surface area contributed by atoms with Gasteiger partial charge in [0.25, 0.3) is 0 Å². The van der Waals surface area contributed by atoms with Crippen LogP contribution in [-0.4, -0.2) is 43.2 Å². The van der Waals surface area contributed by atoms with Gasteiger partial charge in [0.15, 0.2) is 0 Å². The number of hydrogen-bond acceptors (Lipinski definition) is 3. The molecule has 0 aromatic carbocycles. The summed E-state index contributed by atoms with van der Waals surface area (Å²) in [5, 5.41) is 7.89. The molecule has 0 bridgehead atoms. The third-order valence-corrected chi connectivity index (χ3v) is 1.54. The molecule has 0 saturated carbocycles. The second-order valence-electron chi connectivity index (χ2n) is 2.86. The maximum atomic E-state index is 11.9. The molecule has 0 aromatic rings. The van der Waals surface area contributed by atoms with E-state index in [0.29, 0.717) is 13.0 Å². The number of amidine groups is 1. The van der Waals surface area contributed by atoms with Crippen molar-refractivity contribution in [2.24, 2.45) is 16.6 Å². The Kier molecular flexibility index (Phi) is 5.75. The minimum atomic E-state index is -4.75. The van der Waals surface area contributed by atoms with Crippen molar-refractivity contribution in [3.63, 3.8) is 0 Å². The number of hydrazine groups is 1. The molecule has 16 heavy (non-hydrogen) atoms. The summed E-state index contributed by atoms with van der Waals surface area (Å²) < 4.78 is 40.6. The summed E-state index contributed by atoms with van der Waals surface area (Å²) in [4.78, 5) is 2.84. The standard InChI is InChI=1S/C7H14F3N5O/c1-16-4-2-3-15(13)6(12)14-5(11)7(8,9)10/h2-4,13H2,1H3,(H3,11,12,14). The molecule has 0 aliphatic rings. The highest BCUT2D eigenvalue weighted by atomic mass is 19.4. The van der Waals surface area contributed by atoms with Gasteiger partial charge in [0, 0.05) is 20.3 Å². The maximum Gasteiger partial charge on any atom is 0.449 e. The van der Waals surface area contributed by atoms with Crippen LogP contribution in [0, 0.1) is 5.41 Å². The van der Waals surface area contributed by atoms with E-state index in [9.17, 15) is 13.2 Å². The summed E-state index contributed by atoms with van der Waals surface area (Å²) >= 11 is 0. The van der Waals surface area contributed by atoms with Gasteiger partial charge < -0.3 is 10.5 Å². The Morgan fingerprint density at radius 2 is 2.06 bits per heavy atom. The molecule has 0 unspecified atom stereocenters. The third kappa shape index (κ3) is 5.51. The van der Waals surface area contributed by atoms with Crippen molar-refractivity contribution in [1.82, 2.24) is 5.01 Å². The molecule has 0 aliphatic carbocycles. The van der Waals surface area contributed by atoms with Gasteiger partial charge >= 0.3 is 6.18 Å². The highest BCUT2D eigenvalue weighted by Crippen LogP contribution is 2.14. The fourth-order valence-corrected chi connectivity index (χ4v) is 0.727. The molecule has 5 N–H and O–H groups in total. The number of aliphatic imine (C=N–C) groups is 1. The first-order chi connectivity index (χ1) is 7.29. The summed E-state index contributed by atoms with van der Waals surface area (Å²) in [5.74, 6) is 2.93. The van der Waals surface area contributed by atoms with E-state index >= 15 is 0 Å². The van der Waals surface area contributed by atoms with Gasteiger partial charge in [0.05, 0.1) is 0 Å². The molecule has 94 valence electrons. The van der Waals surface area contributed by atoms with Crippen LogP contribution >= 0.6 is 0 Å². The van der Waals surface area contributed by atoms with Crippen LogP contribution in [0.3, 0.4) is 0 Å². The fraction of sp³-hybridized carbons (Fsp3) is 0.714. The lowest BCUT2D eigenvalue weighted by Gasteiger charge is -2.16. The number of ether oxygens (including phenoxy) is 1. The first-order valence-corrected chi connectivity index (χ1v) is 4.30. The van der Waals surface area contributed by atoms with Crippen molar-refractivity contribution >= 4 is 11.8 Å². The van der Waals surface area contributed by atoms with Gasteiger partial charge in [-0.3, -0.25) is 10.4 Å². The molecule has 0 aromatic heterocycles. The Hall–Kier alpha value is -1.35. The molecule has 0 atom stereocenters. The molecule has 0 fully saturated rings. The summed E-state index contributed by atoms with van der Waals surface area (Å²) in [6.45, 7) is 0.542. The Balaban J connectivity index is 4.24. The van der Waals surface area contributed by atoms with Crippen molar-refractivity contribution < 1.29 is 17.9 Å². The lowest BCUT2D eigenvalue weighted by Crippen LogP contribution is -2.40. The maximum absolute atomic E-state index is 11.9. The highest BCUT2D eigenvalue weighted by molar-refractivity contribution is 5.96. The number of guanidine groups is 1. The molecule has 6 nitrogen and oxygen atoms in total. The van der Waals surface area contributed by atoms with Crippen molar-refractivity contribution in [2.75, 3.05) is 20.3 Å². The minimum Gasteiger partial charge on any atom is -0.385 e. The van der Waals surface area contributed by atoms with Gasteiger partial charge in [-0.2, -0.15) is 18.2 Å². The molecule has 0 saturated heterocycles. The predicted octanol–water partition coefficient (Wildman–Crippen LogP) is 0.0529. The minimum absolute atomic E-state index is 0.154. The van der Waals surface area contributed by atoms with Crippen LogP contribution in [0.15, 0.2) is 4.99 Å². The van der Waals surface area contributed by atoms with E-state index in [1.807, 2.05) is 0 Å². The van der Waals surface area contributed by atoms with Crippen LogP contribution in [0.5, 0.6) is 0 Å². The molecule has 0 radical (unpaired) electrons. The van der Waals surface area contributed by atoms with Crippen molar-refractivity contribution in [3.8, 4) is 0 Å². The molecular weight excluding hydrogens is 227 g/mol. The summed E-state index contributed by atoms with van der Waals surface area (Å²) in [7, 11) is 1.48. The van der Waals surface area contributed by atoms with E-state index in [2.05, 4.69) is 10.7 Å². The molecule has 9 heteroatoms. The lowest BCUT2D eigenvalue weighted by molar-refractivity contribution is -0.0597. The van der Waals surface area contributed by atoms with E-state index < -0.39 is 18.0 Å². The monoisotopic (exact) mass is 241 g/mol. The number of halogens is 3. The third-order valence-electron chi connectivity index (χ3n) is 1.54. The SMILES string of the molecule is COCCCN(N)C(=N)/N=C(\N)C(F)(F)F. The Morgan fingerprint density at radius 3 is 2.50 bits per heavy atom. The van der Waals surface area contributed by atoms with Crippen molar-refractivity contribution in [3.05, 3.63) is 0 Å². The largest absolute Gasteiger partial charge is 0.449 e. The van der Waals surface area contributed by atoms with Gasteiger partial charge in [-0.25, -0.2) is 5.84 Å². The van der Waals surface area contributed by atoms with Crippen LogP contribution in [0.4, 0.5) is 13.2 Å². The summed E-state index contributed by atoms with van der Waals surface area (Å²) in [5.41, 5.74) is 4.62. The zero-order chi connectivity index (χ0) is 12.8. The summed E-state index contributed by atoms with van der Waals surface area (Å²) in [6.07, 6.45) is -4.28. The van der Waals surface area contributed by atoms with Crippen LogP contribution in [0.25, 0.3) is 0 Å². The van der Waals surface area contributed by atoms with E-state index in [4.69, 9.17) is 16.0 Å². The number of methoxy groups -OCH3 is 1. The smallest absolute Gasteiger partial charge is 0.385 e. The lowest BCUT2D eigenvalue weighted by atomic mass is 10.4. The van der Waals surface area contributed by atoms with E-state index in [1.54, 1.807) is 0 Å². The van der Waals surface area contributed by atoms with Crippen LogP contribution in [-0.2, 0) is 4.74 Å². The van der Waals surface area contributed by atoms with Crippen LogP contribution in [0.2, 0.25) is 0 Å². The predicted molar refractivity (Wildman–Crippen MR) is 52.8 cm³/mol. The van der Waals surface area contributed by atoms with Crippen molar-refractivity contribution in [2.45, 2.75) is 12.6 Å². The molecule has 0 spiro atoms. The highest BCUT2D eigenvalue weighted by Gasteiger charge is 2.34. The van der Waals surface area contributed by atoms with Crippen molar-refractivity contribution in [1.29, 1.82) is 5.41 Å². The molecule has 0 aliphatic heterocycles. The van der Waals surface area contributed by atoms with E-state index in [-0.39, 0.29) is 6.54 Å². The van der Waals surface area contributed by atoms with Crippen LogP contribution < -0.4 is 11.6 Å². The molecule has 0 amide bonds. The number of alkyl halides is 3. The molecule has 0 rings (SSSR count). The van der Waals surface area contributed by atoms with E-state index in [0.717, 1.165) is 5.01 Å². The number of nitrogens with one attached hydrogen (secondary N) is 1. The first-order valence-electron chi connectivity index (χ1n) is 4.30. The Bertz CT molecular complexity index is 265. The quantitative estimate of drug-likeness (QED) is 0.213. The average molecular weight is 241 g/mol. The number of rotatable bonds is 4. The van der Waals surface area contributed by atoms with Gasteiger partial charge in [0.1, 0.15) is 0 Å². The molecule has 0 heterocycles. The number of nitrogens with two attached hydrogens (primary N) is 2. The van der Waals surface area contributed by atoms with Gasteiger partial charge in [-0.15, -0.1) is 0 Å². The average Bonchev–Trinajstić information content (AvgIpc) is 2.16. The van der Waals surface area contributed by atoms with Crippen LogP contribution in [0.1, 0.15) is 6.42 Å². The number of nitrogens with zero attached hydrogens (tertiary/aromatic N) is 2. The summed E-state index contributed by atoms with van der Waals surface area (Å²) in [6, 6.07) is 0. The first kappa shape index (κ1) is 14.6. The zero-order valence-electron chi connectivity index (χ0n) is 8.71. The van der Waals surface area contributed by atoms with E-state index in [1.165, 1.54) is 7.11 Å². The van der Waals surface area contributed by atoms with Gasteiger partial charge in [-0.1, -0.05) is 0 Å². The molecular formula is C7H14F3N5O. The second-order valence-corrected chi connectivity index (χ2v) is 2.86. The van der Waals surface area contributed by atoms with Gasteiger partial charge in [0.2, 0.25) is 11.8 Å². The second kappa shape index (κ2) is 6.28. The number of hydrogen-bond donors (Lipinski definition) is 3. The Labute approximate surface area is 90.5 Å².